The molecule has 0 atom stereocenters. The van der Waals surface area contributed by atoms with E-state index in [1.807, 2.05) is 66.2 Å². The number of benzene rings is 5. The van der Waals surface area contributed by atoms with E-state index in [2.05, 4.69) is 83.7 Å². The maximum Gasteiger partial charge on any atom is 0.359 e. The predicted molar refractivity (Wildman–Crippen MR) is 170 cm³/mol. The largest absolute Gasteiger partial charge is 0.461 e. The lowest BCUT2D eigenvalue weighted by Crippen LogP contribution is -2.38. The van der Waals surface area contributed by atoms with E-state index in [0.717, 1.165) is 49.7 Å². The third kappa shape index (κ3) is 4.30. The number of esters is 1. The van der Waals surface area contributed by atoms with E-state index in [1.54, 1.807) is 6.92 Å². The van der Waals surface area contributed by atoms with Crippen molar-refractivity contribution in [3.05, 3.63) is 162 Å². The van der Waals surface area contributed by atoms with Gasteiger partial charge in [-0.1, -0.05) is 109 Å². The molecule has 7 aromatic rings. The summed E-state index contributed by atoms with van der Waals surface area (Å²) in [6.07, 6.45) is 2.09. The molecule has 6 heteroatoms. The molecular weight excluding hydrogens is 532 g/mol. The van der Waals surface area contributed by atoms with E-state index in [9.17, 15) is 4.79 Å². The van der Waals surface area contributed by atoms with Crippen molar-refractivity contribution in [3.63, 3.8) is 0 Å². The third-order valence-corrected chi connectivity index (χ3v) is 7.99. The number of aromatic nitrogens is 4. The number of nitrogens with zero attached hydrogens (tertiary/aromatic N) is 4. The SMILES string of the molecule is CCOC(=O)c1nn(-c2ccc(C)cc2)c2c1ccc1nn(C(c3ccccc3)(c3ccccc3)c3ccccc3)cc12. The standard InChI is InChI=1S/C37H30N4O2/c1-3-43-36(42)34-31-23-24-33-32(35(31)41(39-34)30-21-19-26(2)20-22-30)25-40(38-33)37(27-13-7-4-8-14-27,28-15-9-5-10-16-28)29-17-11-6-12-18-29/h4-25H,3H2,1-2H3. The Morgan fingerprint density at radius 2 is 1.26 bits per heavy atom. The molecule has 0 radical (unpaired) electrons. The number of hydrogen-bond donors (Lipinski definition) is 0. The van der Waals surface area contributed by atoms with E-state index in [4.69, 9.17) is 14.9 Å². The van der Waals surface area contributed by atoms with Crippen molar-refractivity contribution in [1.82, 2.24) is 19.6 Å². The summed E-state index contributed by atoms with van der Waals surface area (Å²) in [6, 6.07) is 43.4. The van der Waals surface area contributed by atoms with Crippen LogP contribution in [-0.4, -0.2) is 32.1 Å². The molecule has 0 aliphatic heterocycles. The lowest BCUT2D eigenvalue weighted by molar-refractivity contribution is 0.0521. The molecule has 0 N–H and O–H groups in total. The monoisotopic (exact) mass is 562 g/mol. The highest BCUT2D eigenvalue weighted by Gasteiger charge is 2.39. The van der Waals surface area contributed by atoms with E-state index in [-0.39, 0.29) is 12.3 Å². The van der Waals surface area contributed by atoms with Crippen LogP contribution < -0.4 is 0 Å². The third-order valence-electron chi connectivity index (χ3n) is 7.99. The van der Waals surface area contributed by atoms with Crippen LogP contribution in [0.3, 0.4) is 0 Å². The van der Waals surface area contributed by atoms with Crippen LogP contribution in [0.2, 0.25) is 0 Å². The van der Waals surface area contributed by atoms with Crippen LogP contribution in [0.25, 0.3) is 27.5 Å². The van der Waals surface area contributed by atoms with E-state index < -0.39 is 11.5 Å². The summed E-state index contributed by atoms with van der Waals surface area (Å²) in [4.78, 5) is 13.1. The molecule has 0 saturated carbocycles. The summed E-state index contributed by atoms with van der Waals surface area (Å²) in [6.45, 7) is 4.12. The molecule has 2 heterocycles. The number of ether oxygens (including phenoxy) is 1. The summed E-state index contributed by atoms with van der Waals surface area (Å²) in [5.74, 6) is -0.447. The Balaban J connectivity index is 1.58. The molecular formula is C37H30N4O2. The van der Waals surface area contributed by atoms with Gasteiger partial charge in [-0.25, -0.2) is 9.48 Å². The van der Waals surface area contributed by atoms with Gasteiger partial charge in [0.05, 0.1) is 23.3 Å². The van der Waals surface area contributed by atoms with Gasteiger partial charge >= 0.3 is 5.97 Å². The first-order chi connectivity index (χ1) is 21.1. The Morgan fingerprint density at radius 3 is 1.79 bits per heavy atom. The van der Waals surface area contributed by atoms with Gasteiger partial charge < -0.3 is 4.74 Å². The summed E-state index contributed by atoms with van der Waals surface area (Å²) in [5, 5.41) is 11.7. The zero-order valence-electron chi connectivity index (χ0n) is 24.0. The summed E-state index contributed by atoms with van der Waals surface area (Å²) in [7, 11) is 0. The Hall–Kier alpha value is -5.49. The molecule has 6 nitrogen and oxygen atoms in total. The van der Waals surface area contributed by atoms with Crippen LogP contribution >= 0.6 is 0 Å². The number of carbonyl (C=O) groups is 1. The highest BCUT2D eigenvalue weighted by Crippen LogP contribution is 2.42. The van der Waals surface area contributed by atoms with Gasteiger partial charge in [0, 0.05) is 17.0 Å². The van der Waals surface area contributed by atoms with Gasteiger partial charge in [-0.3, -0.25) is 4.68 Å². The molecule has 2 aromatic heterocycles. The number of aryl methyl sites for hydroxylation is 1. The number of carbonyl (C=O) groups excluding carboxylic acids is 1. The molecule has 0 saturated heterocycles. The minimum atomic E-state index is -0.770. The average molecular weight is 563 g/mol. The molecule has 0 aliphatic carbocycles. The highest BCUT2D eigenvalue weighted by molar-refractivity contribution is 6.12. The van der Waals surface area contributed by atoms with Gasteiger partial charge in [0.15, 0.2) is 5.69 Å². The topological polar surface area (TPSA) is 61.9 Å². The van der Waals surface area contributed by atoms with Gasteiger partial charge in [-0.05, 0) is 54.8 Å². The van der Waals surface area contributed by atoms with Crippen molar-refractivity contribution < 1.29 is 9.53 Å². The lowest BCUT2D eigenvalue weighted by atomic mass is 9.77. The normalized spacial score (nSPS) is 11.7. The van der Waals surface area contributed by atoms with Gasteiger partial charge in [0.25, 0.3) is 0 Å². The maximum atomic E-state index is 13.1. The Bertz CT molecular complexity index is 1950. The smallest absolute Gasteiger partial charge is 0.359 e. The summed E-state index contributed by atoms with van der Waals surface area (Å²) < 4.78 is 9.31. The van der Waals surface area contributed by atoms with Crippen LogP contribution in [-0.2, 0) is 10.3 Å². The fourth-order valence-corrected chi connectivity index (χ4v) is 6.03. The second-order valence-corrected chi connectivity index (χ2v) is 10.6. The fraction of sp³-hybridized carbons (Fsp3) is 0.108. The Morgan fingerprint density at radius 1 is 0.698 bits per heavy atom. The maximum absolute atomic E-state index is 13.1. The van der Waals surface area contributed by atoms with Gasteiger partial charge in [0.2, 0.25) is 0 Å². The molecule has 0 amide bonds. The minimum Gasteiger partial charge on any atom is -0.461 e. The molecule has 0 unspecified atom stereocenters. The van der Waals surface area contributed by atoms with Crippen LogP contribution in [0.5, 0.6) is 0 Å². The summed E-state index contributed by atoms with van der Waals surface area (Å²) in [5.41, 5.74) is 6.35. The van der Waals surface area contributed by atoms with E-state index in [0.29, 0.717) is 0 Å². The Kier molecular flexibility index (Phi) is 6.59. The first-order valence-corrected chi connectivity index (χ1v) is 14.4. The van der Waals surface area contributed by atoms with Crippen LogP contribution in [0, 0.1) is 6.92 Å². The number of rotatable bonds is 7. The van der Waals surface area contributed by atoms with Crippen molar-refractivity contribution >= 4 is 27.8 Å². The van der Waals surface area contributed by atoms with Crippen molar-refractivity contribution in [3.8, 4) is 5.69 Å². The average Bonchev–Trinajstić information content (AvgIpc) is 3.66. The van der Waals surface area contributed by atoms with Crippen molar-refractivity contribution in [2.24, 2.45) is 0 Å². The predicted octanol–water partition coefficient (Wildman–Crippen LogP) is 7.70. The molecule has 5 aromatic carbocycles. The molecule has 210 valence electrons. The van der Waals surface area contributed by atoms with Gasteiger partial charge in [-0.2, -0.15) is 10.2 Å². The first-order valence-electron chi connectivity index (χ1n) is 14.4. The molecule has 7 rings (SSSR count). The second kappa shape index (κ2) is 10.7. The van der Waals surface area contributed by atoms with Gasteiger partial charge in [-0.15, -0.1) is 0 Å². The quantitative estimate of drug-likeness (QED) is 0.148. The molecule has 0 spiro atoms. The van der Waals surface area contributed by atoms with E-state index >= 15 is 0 Å². The second-order valence-electron chi connectivity index (χ2n) is 10.6. The lowest BCUT2D eigenvalue weighted by Gasteiger charge is -2.36. The van der Waals surface area contributed by atoms with Crippen LogP contribution in [0.4, 0.5) is 0 Å². The first kappa shape index (κ1) is 26.4. The van der Waals surface area contributed by atoms with Crippen molar-refractivity contribution in [1.29, 1.82) is 0 Å². The fourth-order valence-electron chi connectivity index (χ4n) is 6.03. The molecule has 0 fully saturated rings. The van der Waals surface area contributed by atoms with Crippen molar-refractivity contribution in [2.75, 3.05) is 6.61 Å². The van der Waals surface area contributed by atoms with Gasteiger partial charge in [0.1, 0.15) is 5.54 Å². The zero-order chi connectivity index (χ0) is 29.4. The van der Waals surface area contributed by atoms with E-state index in [1.165, 1.54) is 0 Å². The minimum absolute atomic E-state index is 0.269. The molecule has 0 aliphatic rings. The Labute approximate surface area is 249 Å². The van der Waals surface area contributed by atoms with Crippen LogP contribution in [0.1, 0.15) is 39.7 Å². The summed E-state index contributed by atoms with van der Waals surface area (Å²) >= 11 is 0. The number of hydrogen-bond acceptors (Lipinski definition) is 4. The number of fused-ring (bicyclic) bond motifs is 3. The van der Waals surface area contributed by atoms with Crippen molar-refractivity contribution in [2.45, 2.75) is 19.4 Å². The zero-order valence-corrected chi connectivity index (χ0v) is 24.0. The molecule has 0 bridgehead atoms. The highest BCUT2D eigenvalue weighted by atomic mass is 16.5. The molecule has 43 heavy (non-hydrogen) atoms. The van der Waals surface area contributed by atoms with Crippen LogP contribution in [0.15, 0.2) is 134 Å².